The molecule has 0 aliphatic carbocycles. The van der Waals surface area contributed by atoms with Gasteiger partial charge in [0.05, 0.1) is 0 Å². The first kappa shape index (κ1) is 33.2. The number of anilines is 2. The zero-order chi connectivity index (χ0) is 28.1. The maximum Gasteiger partial charge on any atom is 0.150 e. The van der Waals surface area contributed by atoms with E-state index in [1.165, 1.54) is 10.8 Å². The number of nitrogens with one attached hydrogen (secondary N) is 1. The summed E-state index contributed by atoms with van der Waals surface area (Å²) in [6.45, 7) is 9.91. The van der Waals surface area contributed by atoms with Gasteiger partial charge in [0.1, 0.15) is 17.9 Å². The fourth-order valence-electron chi connectivity index (χ4n) is 3.48. The zero-order valence-electron chi connectivity index (χ0n) is 23.3. The molecule has 7 heteroatoms. The van der Waals surface area contributed by atoms with E-state index >= 15 is 0 Å². The lowest BCUT2D eigenvalue weighted by molar-refractivity contribution is 0.112. The predicted octanol–water partition coefficient (Wildman–Crippen LogP) is 3.84. The van der Waals surface area contributed by atoms with Crippen LogP contribution in [0.4, 0.5) is 11.6 Å². The molecular weight excluding hydrogens is 460 g/mol. The van der Waals surface area contributed by atoms with Crippen LogP contribution < -0.4 is 26.4 Å². The number of aliphatic imine (C=N–C) groups is 1. The van der Waals surface area contributed by atoms with E-state index in [1.807, 2.05) is 53.2 Å². The summed E-state index contributed by atoms with van der Waals surface area (Å²) in [5.41, 5.74) is 7.71. The Morgan fingerprint density at radius 3 is 2.41 bits per heavy atom. The second-order valence-corrected chi connectivity index (χ2v) is 7.79. The van der Waals surface area contributed by atoms with Crippen molar-refractivity contribution in [2.24, 2.45) is 10.7 Å². The predicted molar refractivity (Wildman–Crippen MR) is 161 cm³/mol. The lowest BCUT2D eigenvalue weighted by Crippen LogP contribution is -2.40. The molecule has 2 aromatic rings. The van der Waals surface area contributed by atoms with E-state index in [9.17, 15) is 4.79 Å². The third-order valence-corrected chi connectivity index (χ3v) is 5.53. The number of carbonyl (C=O) groups is 1. The minimum atomic E-state index is 0.315. The number of piperidine rings is 1. The summed E-state index contributed by atoms with van der Waals surface area (Å²) in [6, 6.07) is 5.91. The van der Waals surface area contributed by atoms with Gasteiger partial charge in [-0.2, -0.15) is 0 Å². The quantitative estimate of drug-likeness (QED) is 0.353. The number of allylic oxidation sites excluding steroid dienone is 2. The minimum absolute atomic E-state index is 0.315. The van der Waals surface area contributed by atoms with Gasteiger partial charge in [-0.15, -0.1) is 12.8 Å². The Morgan fingerprint density at radius 1 is 1.19 bits per heavy atom. The number of aldehydes is 1. The molecule has 0 saturated carbocycles. The maximum absolute atomic E-state index is 10.6. The number of aromatic nitrogens is 2. The third-order valence-electron chi connectivity index (χ3n) is 5.53. The molecule has 2 aromatic heterocycles. The Hall–Kier alpha value is -3.76. The van der Waals surface area contributed by atoms with Gasteiger partial charge < -0.3 is 16.0 Å². The lowest BCUT2D eigenvalue weighted by atomic mass is 10.1. The highest BCUT2D eigenvalue weighted by atomic mass is 16.1. The molecular formula is C30H44N6O. The standard InChI is InChI=1S/C15H21N3.C11H15N3O.C2H6.C2H2/c1-5-12(10-16-3)7-8-14-9-15(17-4)18-11-13(14)6-2;12-10-2-5-14(6-3-10)11-7-9(8-15)1-4-13-11;2*1-2/h5-6,8-11,17H,7H2,1-4H3;1,4,7-8,10H,2-3,5-6,12H2;1-2H3;1-2H/b12-5-,13-6-,14-8-,16-10?;;;. The SMILES string of the molecule is C#C.C/C=C(\C=NC)C/C=c1/cc(NC)nc/c1=C/C.CC.NC1CCN(c2cc(C=O)ccn2)CC1. The number of terminal acetylenes is 1. The Kier molecular flexibility index (Phi) is 18.4. The van der Waals surface area contributed by atoms with E-state index in [0.717, 1.165) is 55.5 Å². The van der Waals surface area contributed by atoms with Crippen molar-refractivity contribution >= 4 is 36.3 Å². The van der Waals surface area contributed by atoms with Gasteiger partial charge in [0.15, 0.2) is 0 Å². The molecule has 1 aliphatic rings. The number of hydrogen-bond donors (Lipinski definition) is 2. The average molecular weight is 505 g/mol. The van der Waals surface area contributed by atoms with Gasteiger partial charge in [-0.05, 0) is 67.3 Å². The molecule has 0 atom stereocenters. The Morgan fingerprint density at radius 2 is 1.86 bits per heavy atom. The van der Waals surface area contributed by atoms with Crippen LogP contribution in [0.15, 0.2) is 47.2 Å². The maximum atomic E-state index is 10.6. The largest absolute Gasteiger partial charge is 0.373 e. The number of nitrogens with two attached hydrogens (primary N) is 1. The summed E-state index contributed by atoms with van der Waals surface area (Å²) in [7, 11) is 3.67. The van der Waals surface area contributed by atoms with Crippen molar-refractivity contribution in [2.45, 2.75) is 53.0 Å². The first-order valence-electron chi connectivity index (χ1n) is 12.7. The van der Waals surface area contributed by atoms with E-state index in [4.69, 9.17) is 5.73 Å². The summed E-state index contributed by atoms with van der Waals surface area (Å²) >= 11 is 0. The summed E-state index contributed by atoms with van der Waals surface area (Å²) in [5, 5.41) is 5.41. The molecule has 3 rings (SSSR count). The second-order valence-electron chi connectivity index (χ2n) is 7.79. The third kappa shape index (κ3) is 12.2. The van der Waals surface area contributed by atoms with Gasteiger partial charge in [-0.1, -0.05) is 32.1 Å². The molecule has 1 saturated heterocycles. The second kappa shape index (κ2) is 20.4. The van der Waals surface area contributed by atoms with Gasteiger partial charge in [0, 0.05) is 57.4 Å². The van der Waals surface area contributed by atoms with Crippen molar-refractivity contribution in [1.29, 1.82) is 0 Å². The van der Waals surface area contributed by atoms with Crippen LogP contribution in [0.1, 0.15) is 57.3 Å². The van der Waals surface area contributed by atoms with Gasteiger partial charge >= 0.3 is 0 Å². The highest BCUT2D eigenvalue weighted by Crippen LogP contribution is 2.17. The van der Waals surface area contributed by atoms with E-state index < -0.39 is 0 Å². The van der Waals surface area contributed by atoms with E-state index in [0.29, 0.717) is 11.6 Å². The lowest BCUT2D eigenvalue weighted by Gasteiger charge is -2.31. The fourth-order valence-corrected chi connectivity index (χ4v) is 3.48. The van der Waals surface area contributed by atoms with Crippen LogP contribution in [0.5, 0.6) is 0 Å². The van der Waals surface area contributed by atoms with Crippen molar-refractivity contribution in [3.63, 3.8) is 0 Å². The molecule has 7 nitrogen and oxygen atoms in total. The molecule has 3 N–H and O–H groups in total. The van der Waals surface area contributed by atoms with Crippen LogP contribution in [0.2, 0.25) is 0 Å². The molecule has 0 aromatic carbocycles. The summed E-state index contributed by atoms with van der Waals surface area (Å²) in [6.07, 6.45) is 23.5. The smallest absolute Gasteiger partial charge is 0.150 e. The molecule has 1 fully saturated rings. The van der Waals surface area contributed by atoms with Gasteiger partial charge in [-0.3, -0.25) is 9.79 Å². The fraction of sp³-hybridized carbons (Fsp3) is 0.400. The first-order chi connectivity index (χ1) is 18.0. The van der Waals surface area contributed by atoms with Crippen molar-refractivity contribution in [2.75, 3.05) is 37.4 Å². The van der Waals surface area contributed by atoms with Gasteiger partial charge in [0.25, 0.3) is 0 Å². The molecule has 0 amide bonds. The van der Waals surface area contributed by atoms with Crippen LogP contribution in [-0.2, 0) is 0 Å². The molecule has 0 unspecified atom stereocenters. The molecule has 37 heavy (non-hydrogen) atoms. The summed E-state index contributed by atoms with van der Waals surface area (Å²) in [4.78, 5) is 25.4. The highest BCUT2D eigenvalue weighted by Gasteiger charge is 2.17. The van der Waals surface area contributed by atoms with Crippen molar-refractivity contribution in [3.05, 3.63) is 58.2 Å². The molecule has 200 valence electrons. The molecule has 1 aliphatic heterocycles. The first-order valence-corrected chi connectivity index (χ1v) is 12.7. The van der Waals surface area contributed by atoms with Crippen LogP contribution in [0.25, 0.3) is 12.2 Å². The summed E-state index contributed by atoms with van der Waals surface area (Å²) < 4.78 is 0. The Labute approximate surface area is 223 Å². The zero-order valence-corrected chi connectivity index (χ0v) is 23.3. The highest BCUT2D eigenvalue weighted by molar-refractivity contribution is 5.79. The van der Waals surface area contributed by atoms with Crippen LogP contribution in [0, 0.1) is 12.8 Å². The Balaban J connectivity index is 0.000000623. The van der Waals surface area contributed by atoms with Crippen LogP contribution in [-0.4, -0.2) is 55.7 Å². The molecule has 0 bridgehead atoms. The normalized spacial score (nSPS) is 14.5. The van der Waals surface area contributed by atoms with Gasteiger partial charge in [-0.25, -0.2) is 9.97 Å². The number of hydrogen-bond acceptors (Lipinski definition) is 7. The molecule has 3 heterocycles. The minimum Gasteiger partial charge on any atom is -0.373 e. The van der Waals surface area contributed by atoms with Crippen molar-refractivity contribution in [1.82, 2.24) is 9.97 Å². The average Bonchev–Trinajstić information content (AvgIpc) is 2.98. The molecule has 0 radical (unpaired) electrons. The topological polar surface area (TPSA) is 96.5 Å². The number of rotatable bonds is 6. The molecule has 0 spiro atoms. The van der Waals surface area contributed by atoms with Crippen LogP contribution in [0.3, 0.4) is 0 Å². The van der Waals surface area contributed by atoms with E-state index in [-0.39, 0.29) is 0 Å². The van der Waals surface area contributed by atoms with Gasteiger partial charge in [0.2, 0.25) is 0 Å². The monoisotopic (exact) mass is 504 g/mol. The van der Waals surface area contributed by atoms with Crippen molar-refractivity contribution < 1.29 is 4.79 Å². The number of pyridine rings is 2. The number of nitrogens with zero attached hydrogens (tertiary/aromatic N) is 4. The van der Waals surface area contributed by atoms with E-state index in [2.05, 4.69) is 62.3 Å². The Bertz CT molecular complexity index is 1110. The van der Waals surface area contributed by atoms with Crippen molar-refractivity contribution in [3.8, 4) is 12.8 Å². The van der Waals surface area contributed by atoms with E-state index in [1.54, 1.807) is 19.3 Å². The summed E-state index contributed by atoms with van der Waals surface area (Å²) in [5.74, 6) is 1.77. The number of carbonyl (C=O) groups excluding carboxylic acids is 1. The van der Waals surface area contributed by atoms with Crippen LogP contribution >= 0.6 is 0 Å².